The number of carboxylic acids is 1. The quantitative estimate of drug-likeness (QED) is 0.862. The first-order valence-electron chi connectivity index (χ1n) is 7.20. The fraction of sp³-hybridized carbons (Fsp3) is 0.111. The Labute approximate surface area is 133 Å². The molecule has 0 aliphatic carbocycles. The second-order valence-electron chi connectivity index (χ2n) is 5.03. The zero-order valence-corrected chi connectivity index (χ0v) is 12.3. The van der Waals surface area contributed by atoms with Crippen molar-refractivity contribution in [1.82, 2.24) is 0 Å². The Morgan fingerprint density at radius 1 is 1.09 bits per heavy atom. The van der Waals surface area contributed by atoms with Gasteiger partial charge in [-0.3, -0.25) is 4.79 Å². The highest BCUT2D eigenvalue weighted by Gasteiger charge is 2.32. The van der Waals surface area contributed by atoms with Crippen molar-refractivity contribution >= 4 is 23.1 Å². The number of ether oxygens (including phenoxy) is 1. The lowest BCUT2D eigenvalue weighted by Crippen LogP contribution is -2.31. The lowest BCUT2D eigenvalue weighted by Gasteiger charge is -2.17. The van der Waals surface area contributed by atoms with E-state index in [9.17, 15) is 9.59 Å². The molecular weight excluding hydrogens is 294 g/mol. The molecule has 116 valence electrons. The number of carboxylic acid groups (broad SMARTS) is 1. The summed E-state index contributed by atoms with van der Waals surface area (Å²) in [7, 11) is 0. The zero-order valence-electron chi connectivity index (χ0n) is 12.3. The van der Waals surface area contributed by atoms with Gasteiger partial charge in [0.15, 0.2) is 0 Å². The first-order valence-corrected chi connectivity index (χ1v) is 7.20. The normalized spacial score (nSPS) is 14.9. The summed E-state index contributed by atoms with van der Waals surface area (Å²) in [6.07, 6.45) is 0.958. The van der Waals surface area contributed by atoms with Crippen molar-refractivity contribution < 1.29 is 19.4 Å². The minimum absolute atomic E-state index is 0.202. The summed E-state index contributed by atoms with van der Waals surface area (Å²) >= 11 is 0. The van der Waals surface area contributed by atoms with Gasteiger partial charge < -0.3 is 14.7 Å². The van der Waals surface area contributed by atoms with Gasteiger partial charge in [-0.15, -0.1) is 0 Å². The first kappa shape index (κ1) is 14.8. The van der Waals surface area contributed by atoms with Crippen molar-refractivity contribution in [1.29, 1.82) is 0 Å². The molecule has 0 aromatic heterocycles. The van der Waals surface area contributed by atoms with Crippen LogP contribution in [0.4, 0.5) is 5.69 Å². The minimum atomic E-state index is -1.13. The summed E-state index contributed by atoms with van der Waals surface area (Å²) in [5.74, 6) is -0.718. The zero-order chi connectivity index (χ0) is 16.2. The predicted molar refractivity (Wildman–Crippen MR) is 86.3 cm³/mol. The number of para-hydroxylation sites is 2. The van der Waals surface area contributed by atoms with Gasteiger partial charge in [-0.05, 0) is 18.2 Å². The summed E-state index contributed by atoms with van der Waals surface area (Å²) in [4.78, 5) is 25.0. The van der Waals surface area contributed by atoms with Gasteiger partial charge in [0.1, 0.15) is 12.4 Å². The van der Waals surface area contributed by atoms with Gasteiger partial charge in [0.2, 0.25) is 0 Å². The summed E-state index contributed by atoms with van der Waals surface area (Å²) < 4.78 is 5.62. The molecule has 0 saturated carbocycles. The Balaban J connectivity index is 1.77. The Bertz CT molecular complexity index is 768. The molecule has 1 aliphatic heterocycles. The molecule has 0 bridgehead atoms. The lowest BCUT2D eigenvalue weighted by atomic mass is 10.1. The number of aliphatic carboxylic acids is 1. The average Bonchev–Trinajstić information content (AvgIpc) is 2.81. The van der Waals surface area contributed by atoms with Gasteiger partial charge in [0.25, 0.3) is 5.91 Å². The van der Waals surface area contributed by atoms with Crippen molar-refractivity contribution in [2.24, 2.45) is 0 Å². The molecule has 0 saturated heterocycles. The van der Waals surface area contributed by atoms with E-state index in [0.29, 0.717) is 24.4 Å². The molecule has 1 amide bonds. The van der Waals surface area contributed by atoms with Crippen LogP contribution in [0.1, 0.15) is 5.56 Å². The van der Waals surface area contributed by atoms with E-state index in [0.717, 1.165) is 11.8 Å². The van der Waals surface area contributed by atoms with Crippen molar-refractivity contribution in [3.63, 3.8) is 0 Å². The summed E-state index contributed by atoms with van der Waals surface area (Å²) in [5, 5.41) is 8.96. The van der Waals surface area contributed by atoms with Crippen LogP contribution in [0.2, 0.25) is 0 Å². The Kier molecular flexibility index (Phi) is 4.10. The molecule has 5 heteroatoms. The molecule has 5 nitrogen and oxygen atoms in total. The number of nitrogens with zero attached hydrogens (tertiary/aromatic N) is 1. The van der Waals surface area contributed by atoms with E-state index in [1.807, 2.05) is 36.4 Å². The van der Waals surface area contributed by atoms with Crippen LogP contribution >= 0.6 is 0 Å². The minimum Gasteiger partial charge on any atom is -0.492 e. The summed E-state index contributed by atoms with van der Waals surface area (Å²) in [5.41, 5.74) is 1.55. The number of hydrogen-bond donors (Lipinski definition) is 1. The van der Waals surface area contributed by atoms with Crippen LogP contribution < -0.4 is 9.64 Å². The molecular formula is C18H15NO4. The average molecular weight is 309 g/mol. The number of amides is 1. The molecule has 0 spiro atoms. The van der Waals surface area contributed by atoms with Gasteiger partial charge in [-0.25, -0.2) is 4.79 Å². The number of rotatable bonds is 5. The predicted octanol–water partition coefficient (Wildman–Crippen LogP) is 2.58. The summed E-state index contributed by atoms with van der Waals surface area (Å²) in [6, 6.07) is 16.5. The van der Waals surface area contributed by atoms with Crippen LogP contribution in [0.5, 0.6) is 5.75 Å². The molecule has 1 N–H and O–H groups in total. The Morgan fingerprint density at radius 3 is 2.52 bits per heavy atom. The van der Waals surface area contributed by atoms with Crippen LogP contribution in [-0.4, -0.2) is 30.1 Å². The van der Waals surface area contributed by atoms with Crippen molar-refractivity contribution in [3.05, 3.63) is 66.2 Å². The first-order chi connectivity index (χ1) is 11.2. The van der Waals surface area contributed by atoms with Crippen LogP contribution in [0.25, 0.3) is 5.57 Å². The topological polar surface area (TPSA) is 66.8 Å². The monoisotopic (exact) mass is 309 g/mol. The highest BCUT2D eigenvalue weighted by atomic mass is 16.5. The third-order valence-electron chi connectivity index (χ3n) is 3.56. The number of carbonyl (C=O) groups excluding carboxylic acids is 1. The molecule has 0 radical (unpaired) electrons. The van der Waals surface area contributed by atoms with E-state index in [1.165, 1.54) is 0 Å². The standard InChI is InChI=1S/C18H15NO4/c20-17(21)12-15-14-8-4-5-9-16(14)19(18(15)22)10-11-23-13-6-2-1-3-7-13/h1-9,12H,10-11H2,(H,20,21). The van der Waals surface area contributed by atoms with Gasteiger partial charge in [0.05, 0.1) is 17.8 Å². The molecule has 1 aliphatic rings. The van der Waals surface area contributed by atoms with E-state index in [2.05, 4.69) is 0 Å². The van der Waals surface area contributed by atoms with Gasteiger partial charge >= 0.3 is 5.97 Å². The lowest BCUT2D eigenvalue weighted by molar-refractivity contribution is -0.131. The van der Waals surface area contributed by atoms with Crippen molar-refractivity contribution in [2.75, 3.05) is 18.1 Å². The molecule has 23 heavy (non-hydrogen) atoms. The van der Waals surface area contributed by atoms with Gasteiger partial charge in [-0.2, -0.15) is 0 Å². The second kappa shape index (κ2) is 6.36. The third kappa shape index (κ3) is 3.08. The number of hydrogen-bond acceptors (Lipinski definition) is 3. The van der Waals surface area contributed by atoms with Crippen molar-refractivity contribution in [3.8, 4) is 5.75 Å². The Morgan fingerprint density at radius 2 is 1.78 bits per heavy atom. The number of fused-ring (bicyclic) bond motifs is 1. The van der Waals surface area contributed by atoms with Crippen LogP contribution in [0, 0.1) is 0 Å². The molecule has 0 atom stereocenters. The van der Waals surface area contributed by atoms with Crippen molar-refractivity contribution in [2.45, 2.75) is 0 Å². The fourth-order valence-electron chi connectivity index (χ4n) is 2.56. The second-order valence-corrected chi connectivity index (χ2v) is 5.03. The molecule has 0 unspecified atom stereocenters. The maximum Gasteiger partial charge on any atom is 0.329 e. The fourth-order valence-corrected chi connectivity index (χ4v) is 2.56. The highest BCUT2D eigenvalue weighted by Crippen LogP contribution is 2.36. The molecule has 1 heterocycles. The van der Waals surface area contributed by atoms with E-state index in [4.69, 9.17) is 9.84 Å². The Hall–Kier alpha value is -3.08. The van der Waals surface area contributed by atoms with Gasteiger partial charge in [0, 0.05) is 11.6 Å². The molecule has 2 aromatic rings. The summed E-state index contributed by atoms with van der Waals surface area (Å²) in [6.45, 7) is 0.673. The van der Waals surface area contributed by atoms with E-state index < -0.39 is 5.97 Å². The van der Waals surface area contributed by atoms with Crippen LogP contribution in [0.15, 0.2) is 60.7 Å². The smallest absolute Gasteiger partial charge is 0.329 e. The van der Waals surface area contributed by atoms with Gasteiger partial charge in [-0.1, -0.05) is 36.4 Å². The maximum atomic E-state index is 12.5. The SMILES string of the molecule is O=C(O)C=C1C(=O)N(CCOc2ccccc2)c2ccccc21. The van der Waals surface area contributed by atoms with E-state index in [1.54, 1.807) is 23.1 Å². The van der Waals surface area contributed by atoms with E-state index >= 15 is 0 Å². The van der Waals surface area contributed by atoms with Crippen LogP contribution in [-0.2, 0) is 9.59 Å². The van der Waals surface area contributed by atoms with E-state index in [-0.39, 0.29) is 11.5 Å². The molecule has 0 fully saturated rings. The maximum absolute atomic E-state index is 12.5. The molecule has 2 aromatic carbocycles. The number of carbonyl (C=O) groups is 2. The highest BCUT2D eigenvalue weighted by molar-refractivity contribution is 6.34. The largest absolute Gasteiger partial charge is 0.492 e. The third-order valence-corrected chi connectivity index (χ3v) is 3.56. The number of anilines is 1. The van der Waals surface area contributed by atoms with Crippen LogP contribution in [0.3, 0.4) is 0 Å². The molecule has 3 rings (SSSR count). The number of benzene rings is 2.